The first-order chi connectivity index (χ1) is 13.9. The van der Waals surface area contributed by atoms with Crippen molar-refractivity contribution in [3.8, 4) is 0 Å². The monoisotopic (exact) mass is 393 g/mol. The van der Waals surface area contributed by atoms with Gasteiger partial charge in [0.2, 0.25) is 0 Å². The summed E-state index contributed by atoms with van der Waals surface area (Å²) < 4.78 is 7.34. The van der Waals surface area contributed by atoms with Gasteiger partial charge in [0.25, 0.3) is 11.5 Å². The highest BCUT2D eigenvalue weighted by atomic mass is 16.3. The van der Waals surface area contributed by atoms with Crippen LogP contribution in [-0.4, -0.2) is 41.6 Å². The zero-order valence-electron chi connectivity index (χ0n) is 17.5. The molecule has 0 aliphatic carbocycles. The normalized spacial score (nSPS) is 14.6. The number of piperazine rings is 1. The Bertz CT molecular complexity index is 1130. The summed E-state index contributed by atoms with van der Waals surface area (Å²) in [6, 6.07) is 8.23. The van der Waals surface area contributed by atoms with E-state index in [1.807, 2.05) is 11.8 Å². The Morgan fingerprint density at radius 2 is 1.79 bits per heavy atom. The predicted molar refractivity (Wildman–Crippen MR) is 115 cm³/mol. The van der Waals surface area contributed by atoms with Crippen molar-refractivity contribution in [1.82, 2.24) is 9.47 Å². The standard InChI is InChI=1S/C23H27N3O3/c1-5-24-9-8-19-21(23(24)28)20(17(4)29-19)22(27)26-12-10-25(11-13-26)18-14-15(2)6-7-16(18)3/h6-9,14H,5,10-13H2,1-4H3. The molecule has 1 aromatic carbocycles. The number of carbonyl (C=O) groups excluding carboxylic acids is 1. The lowest BCUT2D eigenvalue weighted by molar-refractivity contribution is 0.0746. The highest BCUT2D eigenvalue weighted by Crippen LogP contribution is 2.26. The van der Waals surface area contributed by atoms with Gasteiger partial charge in [-0.25, -0.2) is 0 Å². The number of benzene rings is 1. The number of aromatic nitrogens is 1. The first kappa shape index (κ1) is 19.3. The summed E-state index contributed by atoms with van der Waals surface area (Å²) in [5.41, 5.74) is 4.43. The average Bonchev–Trinajstić information content (AvgIpc) is 3.06. The van der Waals surface area contributed by atoms with Crippen molar-refractivity contribution in [2.24, 2.45) is 0 Å². The number of fused-ring (bicyclic) bond motifs is 1. The fraction of sp³-hybridized carbons (Fsp3) is 0.391. The number of anilines is 1. The van der Waals surface area contributed by atoms with Crippen LogP contribution >= 0.6 is 0 Å². The molecule has 4 rings (SSSR count). The van der Waals surface area contributed by atoms with Crippen LogP contribution in [0.4, 0.5) is 5.69 Å². The maximum atomic E-state index is 13.3. The Morgan fingerprint density at radius 3 is 2.48 bits per heavy atom. The predicted octanol–water partition coefficient (Wildman–Crippen LogP) is 3.50. The molecular formula is C23H27N3O3. The van der Waals surface area contributed by atoms with E-state index >= 15 is 0 Å². The molecule has 0 atom stereocenters. The van der Waals surface area contributed by atoms with Crippen LogP contribution in [0.3, 0.4) is 0 Å². The number of pyridine rings is 1. The van der Waals surface area contributed by atoms with Crippen molar-refractivity contribution in [2.45, 2.75) is 34.2 Å². The third-order valence-corrected chi connectivity index (χ3v) is 5.82. The molecule has 0 radical (unpaired) electrons. The Balaban J connectivity index is 1.60. The summed E-state index contributed by atoms with van der Waals surface area (Å²) in [6.07, 6.45) is 1.71. The zero-order valence-corrected chi connectivity index (χ0v) is 17.5. The fourth-order valence-electron chi connectivity index (χ4n) is 4.14. The van der Waals surface area contributed by atoms with Crippen LogP contribution in [0.5, 0.6) is 0 Å². The number of hydrogen-bond donors (Lipinski definition) is 0. The van der Waals surface area contributed by atoms with Crippen molar-refractivity contribution in [1.29, 1.82) is 0 Å². The Morgan fingerprint density at radius 1 is 1.07 bits per heavy atom. The van der Waals surface area contributed by atoms with Crippen LogP contribution in [0.2, 0.25) is 0 Å². The number of aryl methyl sites for hydroxylation is 4. The minimum Gasteiger partial charge on any atom is -0.460 e. The van der Waals surface area contributed by atoms with Gasteiger partial charge >= 0.3 is 0 Å². The number of nitrogens with zero attached hydrogens (tertiary/aromatic N) is 3. The van der Waals surface area contributed by atoms with Gasteiger partial charge in [0.15, 0.2) is 0 Å². The number of carbonyl (C=O) groups is 1. The summed E-state index contributed by atoms with van der Waals surface area (Å²) >= 11 is 0. The SMILES string of the molecule is CCn1ccc2oc(C)c(C(=O)N3CCN(c4cc(C)ccc4C)CC3)c2c1=O. The average molecular weight is 393 g/mol. The number of furan rings is 1. The van der Waals surface area contributed by atoms with Crippen molar-refractivity contribution in [2.75, 3.05) is 31.1 Å². The van der Waals surface area contributed by atoms with Crippen molar-refractivity contribution >= 4 is 22.6 Å². The Labute approximate surface area is 170 Å². The second-order valence-corrected chi connectivity index (χ2v) is 7.75. The third kappa shape index (κ3) is 3.33. The Hall–Kier alpha value is -3.02. The molecule has 0 N–H and O–H groups in total. The minimum atomic E-state index is -0.167. The molecule has 0 bridgehead atoms. The van der Waals surface area contributed by atoms with E-state index in [-0.39, 0.29) is 11.5 Å². The number of rotatable bonds is 3. The lowest BCUT2D eigenvalue weighted by atomic mass is 10.1. The number of amides is 1. The molecule has 2 aromatic heterocycles. The summed E-state index contributed by atoms with van der Waals surface area (Å²) in [5, 5.41) is 0.397. The molecule has 3 heterocycles. The van der Waals surface area contributed by atoms with Crippen LogP contribution in [0.1, 0.15) is 34.2 Å². The third-order valence-electron chi connectivity index (χ3n) is 5.82. The van der Waals surface area contributed by atoms with Crippen LogP contribution in [-0.2, 0) is 6.54 Å². The Kier molecular flexibility index (Phi) is 4.94. The lowest BCUT2D eigenvalue weighted by Gasteiger charge is -2.37. The van der Waals surface area contributed by atoms with Gasteiger partial charge in [-0.15, -0.1) is 0 Å². The van der Waals surface area contributed by atoms with Crippen LogP contribution in [0.25, 0.3) is 11.0 Å². The van der Waals surface area contributed by atoms with Crippen LogP contribution in [0, 0.1) is 20.8 Å². The molecule has 0 unspecified atom stereocenters. The smallest absolute Gasteiger partial charge is 0.262 e. The first-order valence-electron chi connectivity index (χ1n) is 10.1. The highest BCUT2D eigenvalue weighted by molar-refractivity contribution is 6.07. The molecule has 1 amide bonds. The largest absolute Gasteiger partial charge is 0.460 e. The number of hydrogen-bond acceptors (Lipinski definition) is 4. The molecule has 152 valence electrons. The molecule has 1 saturated heterocycles. The summed E-state index contributed by atoms with van der Waals surface area (Å²) in [5.74, 6) is 0.390. The first-order valence-corrected chi connectivity index (χ1v) is 10.1. The van der Waals surface area contributed by atoms with E-state index in [2.05, 4.69) is 36.9 Å². The molecule has 29 heavy (non-hydrogen) atoms. The topological polar surface area (TPSA) is 58.7 Å². The van der Waals surface area contributed by atoms with Gasteiger partial charge in [-0.05, 0) is 51.0 Å². The fourth-order valence-corrected chi connectivity index (χ4v) is 4.14. The summed E-state index contributed by atoms with van der Waals surface area (Å²) in [7, 11) is 0. The molecule has 0 spiro atoms. The van der Waals surface area contributed by atoms with Gasteiger partial charge in [0.1, 0.15) is 11.3 Å². The quantitative estimate of drug-likeness (QED) is 0.683. The molecule has 1 fully saturated rings. The van der Waals surface area contributed by atoms with E-state index in [1.165, 1.54) is 16.8 Å². The maximum Gasteiger partial charge on any atom is 0.262 e. The summed E-state index contributed by atoms with van der Waals surface area (Å²) in [6.45, 7) is 11.2. The second-order valence-electron chi connectivity index (χ2n) is 7.75. The molecule has 6 heteroatoms. The van der Waals surface area contributed by atoms with E-state index in [1.54, 1.807) is 23.8 Å². The van der Waals surface area contributed by atoms with Gasteiger partial charge in [-0.1, -0.05) is 12.1 Å². The molecule has 1 aliphatic heterocycles. The molecule has 3 aromatic rings. The van der Waals surface area contributed by atoms with Crippen molar-refractivity contribution in [3.63, 3.8) is 0 Å². The van der Waals surface area contributed by atoms with E-state index in [0.29, 0.717) is 41.9 Å². The maximum absolute atomic E-state index is 13.3. The van der Waals surface area contributed by atoms with Gasteiger partial charge in [-0.3, -0.25) is 9.59 Å². The van der Waals surface area contributed by atoms with Crippen LogP contribution in [0.15, 0.2) is 39.7 Å². The van der Waals surface area contributed by atoms with E-state index in [0.717, 1.165) is 13.1 Å². The van der Waals surface area contributed by atoms with Gasteiger partial charge in [0, 0.05) is 44.6 Å². The van der Waals surface area contributed by atoms with Gasteiger partial charge < -0.3 is 18.8 Å². The summed E-state index contributed by atoms with van der Waals surface area (Å²) in [4.78, 5) is 30.3. The van der Waals surface area contributed by atoms with Crippen LogP contribution < -0.4 is 10.5 Å². The van der Waals surface area contributed by atoms with Gasteiger partial charge in [0.05, 0.1) is 10.9 Å². The van der Waals surface area contributed by atoms with E-state index in [4.69, 9.17) is 4.42 Å². The van der Waals surface area contributed by atoms with E-state index < -0.39 is 0 Å². The molecular weight excluding hydrogens is 366 g/mol. The zero-order chi connectivity index (χ0) is 20.7. The molecule has 0 saturated carbocycles. The highest BCUT2D eigenvalue weighted by Gasteiger charge is 2.28. The van der Waals surface area contributed by atoms with Crippen molar-refractivity contribution < 1.29 is 9.21 Å². The second kappa shape index (κ2) is 7.43. The lowest BCUT2D eigenvalue weighted by Crippen LogP contribution is -2.49. The molecule has 6 nitrogen and oxygen atoms in total. The molecule has 1 aliphatic rings. The minimum absolute atomic E-state index is 0.118. The van der Waals surface area contributed by atoms with E-state index in [9.17, 15) is 9.59 Å². The van der Waals surface area contributed by atoms with Gasteiger partial charge in [-0.2, -0.15) is 0 Å². The van der Waals surface area contributed by atoms with Crippen molar-refractivity contribution in [3.05, 3.63) is 63.3 Å².